The van der Waals surface area contributed by atoms with Crippen LogP contribution in [0.15, 0.2) is 30.5 Å². The maximum Gasteiger partial charge on any atom is 0.416 e. The molecule has 1 aliphatic heterocycles. The second kappa shape index (κ2) is 11.0. The van der Waals surface area contributed by atoms with Crippen molar-refractivity contribution in [2.75, 3.05) is 38.0 Å². The number of hydrogen-bond acceptors (Lipinski definition) is 6. The fourth-order valence-electron chi connectivity index (χ4n) is 4.25. The second-order valence-electron chi connectivity index (χ2n) is 10.3. The van der Waals surface area contributed by atoms with Crippen LogP contribution in [0.5, 0.6) is 0 Å². The Balaban J connectivity index is 1.40. The van der Waals surface area contributed by atoms with Crippen LogP contribution in [0.2, 0.25) is 5.02 Å². The first-order valence-corrected chi connectivity index (χ1v) is 12.8. The number of ether oxygens (including phenoxy) is 1. The number of aryl methyl sites for hydroxylation is 1. The predicted octanol–water partition coefficient (Wildman–Crippen LogP) is 5.22. The Morgan fingerprint density at radius 2 is 1.69 bits per heavy atom. The van der Waals surface area contributed by atoms with Crippen molar-refractivity contribution in [2.24, 2.45) is 0 Å². The molecule has 2 aromatic heterocycles. The monoisotopic (exact) mass is 566 g/mol. The molecule has 2 amide bonds. The van der Waals surface area contributed by atoms with Gasteiger partial charge < -0.3 is 15.0 Å². The molecule has 0 aliphatic carbocycles. The molecule has 13 heteroatoms. The lowest BCUT2D eigenvalue weighted by molar-refractivity contribution is -0.137. The quantitative estimate of drug-likeness (QED) is 0.455. The molecule has 3 heterocycles. The van der Waals surface area contributed by atoms with Crippen LogP contribution >= 0.6 is 11.6 Å². The van der Waals surface area contributed by atoms with Gasteiger partial charge in [-0.05, 0) is 52.0 Å². The highest BCUT2D eigenvalue weighted by Crippen LogP contribution is 2.31. The highest BCUT2D eigenvalue weighted by molar-refractivity contribution is 6.39. The smallest absolute Gasteiger partial charge is 0.416 e. The summed E-state index contributed by atoms with van der Waals surface area (Å²) in [6.07, 6.45) is -3.44. The third-order valence-corrected chi connectivity index (χ3v) is 6.63. The minimum absolute atomic E-state index is 0.0879. The van der Waals surface area contributed by atoms with E-state index in [-0.39, 0.29) is 22.4 Å². The lowest BCUT2D eigenvalue weighted by Gasteiger charge is -2.35. The normalized spacial score (nSPS) is 15.0. The van der Waals surface area contributed by atoms with Crippen LogP contribution in [0, 0.1) is 6.92 Å². The van der Waals surface area contributed by atoms with Gasteiger partial charge in [0, 0.05) is 44.6 Å². The van der Waals surface area contributed by atoms with Crippen molar-refractivity contribution in [3.8, 4) is 0 Å². The standard InChI is InChI=1S/C26H30ClF3N6O3/c1-16-20-21(27)19(23(37)32-18-7-5-17(6-8-18)26(28,29)30)15-31-22(20)36(33-16)14-11-34-9-12-35(13-10-34)24(38)39-25(2,3)4/h5-8,15H,9-14H2,1-4H3,(H,32,37). The number of nitrogens with zero attached hydrogens (tertiary/aromatic N) is 5. The summed E-state index contributed by atoms with van der Waals surface area (Å²) >= 11 is 6.58. The first-order chi connectivity index (χ1) is 18.2. The van der Waals surface area contributed by atoms with Crippen molar-refractivity contribution in [2.45, 2.75) is 46.0 Å². The first-order valence-electron chi connectivity index (χ1n) is 12.4. The van der Waals surface area contributed by atoms with Gasteiger partial charge in [0.05, 0.1) is 33.8 Å². The van der Waals surface area contributed by atoms with E-state index in [0.29, 0.717) is 56.0 Å². The molecule has 0 saturated carbocycles. The topological polar surface area (TPSA) is 92.6 Å². The van der Waals surface area contributed by atoms with Gasteiger partial charge in [-0.25, -0.2) is 14.5 Å². The number of carbonyl (C=O) groups excluding carboxylic acids is 2. The molecule has 4 rings (SSSR count). The Kier molecular flexibility index (Phi) is 8.08. The lowest BCUT2D eigenvalue weighted by Crippen LogP contribution is -2.50. The number of amides is 2. The maximum absolute atomic E-state index is 12.8. The zero-order chi connectivity index (χ0) is 28.5. The SMILES string of the molecule is Cc1nn(CCN2CCN(C(=O)OC(C)(C)C)CC2)c2ncc(C(=O)Nc3ccc(C(F)(F)F)cc3)c(Cl)c12. The molecule has 0 bridgehead atoms. The van der Waals surface area contributed by atoms with Crippen LogP contribution in [-0.2, 0) is 17.5 Å². The van der Waals surface area contributed by atoms with E-state index in [9.17, 15) is 22.8 Å². The van der Waals surface area contributed by atoms with E-state index in [4.69, 9.17) is 16.3 Å². The average Bonchev–Trinajstić information content (AvgIpc) is 3.18. The van der Waals surface area contributed by atoms with Gasteiger partial charge in [0.15, 0.2) is 5.65 Å². The average molecular weight is 567 g/mol. The molecule has 1 aliphatic rings. The van der Waals surface area contributed by atoms with Gasteiger partial charge in [-0.2, -0.15) is 18.3 Å². The number of carbonyl (C=O) groups is 2. The van der Waals surface area contributed by atoms with Crippen molar-refractivity contribution >= 4 is 40.3 Å². The third kappa shape index (κ3) is 6.80. The third-order valence-electron chi connectivity index (χ3n) is 6.24. The first kappa shape index (κ1) is 28.6. The van der Waals surface area contributed by atoms with E-state index in [2.05, 4.69) is 20.3 Å². The Morgan fingerprint density at radius 1 is 1.05 bits per heavy atom. The number of pyridine rings is 1. The van der Waals surface area contributed by atoms with E-state index in [0.717, 1.165) is 12.1 Å². The molecule has 0 unspecified atom stereocenters. The summed E-state index contributed by atoms with van der Waals surface area (Å²) in [5, 5.41) is 7.81. The molecule has 1 fully saturated rings. The molecule has 1 aromatic carbocycles. The van der Waals surface area contributed by atoms with Gasteiger partial charge in [0.1, 0.15) is 5.60 Å². The zero-order valence-corrected chi connectivity index (χ0v) is 22.9. The molecular formula is C26H30ClF3N6O3. The van der Waals surface area contributed by atoms with Crippen LogP contribution in [0.1, 0.15) is 42.4 Å². The largest absolute Gasteiger partial charge is 0.444 e. The summed E-state index contributed by atoms with van der Waals surface area (Å²) in [5.41, 5.74) is 0.0601. The minimum atomic E-state index is -4.47. The molecule has 3 aromatic rings. The summed E-state index contributed by atoms with van der Waals surface area (Å²) in [5.74, 6) is -0.593. The summed E-state index contributed by atoms with van der Waals surface area (Å²) in [6.45, 7) is 11.0. The van der Waals surface area contributed by atoms with E-state index in [1.807, 2.05) is 20.8 Å². The zero-order valence-electron chi connectivity index (χ0n) is 22.1. The van der Waals surface area contributed by atoms with Crippen LogP contribution in [0.25, 0.3) is 11.0 Å². The van der Waals surface area contributed by atoms with Gasteiger partial charge in [-0.15, -0.1) is 0 Å². The highest BCUT2D eigenvalue weighted by Gasteiger charge is 2.30. The summed E-state index contributed by atoms with van der Waals surface area (Å²) in [4.78, 5) is 33.5. The van der Waals surface area contributed by atoms with Crippen LogP contribution in [0.3, 0.4) is 0 Å². The highest BCUT2D eigenvalue weighted by atomic mass is 35.5. The number of nitrogens with one attached hydrogen (secondary N) is 1. The van der Waals surface area contributed by atoms with Crippen molar-refractivity contribution in [3.63, 3.8) is 0 Å². The van der Waals surface area contributed by atoms with Gasteiger partial charge >= 0.3 is 12.3 Å². The molecule has 210 valence electrons. The molecule has 0 radical (unpaired) electrons. The van der Waals surface area contributed by atoms with Gasteiger partial charge in [0.25, 0.3) is 5.91 Å². The Morgan fingerprint density at radius 3 is 2.28 bits per heavy atom. The van der Waals surface area contributed by atoms with E-state index in [1.54, 1.807) is 16.5 Å². The molecule has 0 atom stereocenters. The summed E-state index contributed by atoms with van der Waals surface area (Å²) in [7, 11) is 0. The number of aromatic nitrogens is 3. The van der Waals surface area contributed by atoms with Crippen molar-refractivity contribution < 1.29 is 27.5 Å². The summed E-state index contributed by atoms with van der Waals surface area (Å²) in [6, 6.07) is 4.14. The number of rotatable bonds is 5. The van der Waals surface area contributed by atoms with Gasteiger partial charge in [-0.3, -0.25) is 9.69 Å². The number of fused-ring (bicyclic) bond motifs is 1. The van der Waals surface area contributed by atoms with E-state index in [1.165, 1.54) is 18.3 Å². The number of piperazine rings is 1. The lowest BCUT2D eigenvalue weighted by atomic mass is 10.1. The molecule has 1 saturated heterocycles. The Hall–Kier alpha value is -3.38. The van der Waals surface area contributed by atoms with Gasteiger partial charge in [0.2, 0.25) is 0 Å². The Labute approximate surface area is 228 Å². The number of hydrogen-bond donors (Lipinski definition) is 1. The molecule has 1 N–H and O–H groups in total. The molecular weight excluding hydrogens is 537 g/mol. The van der Waals surface area contributed by atoms with Crippen molar-refractivity contribution in [1.29, 1.82) is 0 Å². The molecule has 39 heavy (non-hydrogen) atoms. The van der Waals surface area contributed by atoms with E-state index >= 15 is 0 Å². The summed E-state index contributed by atoms with van der Waals surface area (Å²) < 4.78 is 45.6. The fraction of sp³-hybridized carbons (Fsp3) is 0.462. The fourth-order valence-corrected chi connectivity index (χ4v) is 4.60. The Bertz CT molecular complexity index is 1360. The molecule has 0 spiro atoms. The van der Waals surface area contributed by atoms with Crippen molar-refractivity contribution in [1.82, 2.24) is 24.6 Å². The minimum Gasteiger partial charge on any atom is -0.444 e. The molecule has 9 nitrogen and oxygen atoms in total. The van der Waals surface area contributed by atoms with Crippen molar-refractivity contribution in [3.05, 3.63) is 52.3 Å². The van der Waals surface area contributed by atoms with Crippen LogP contribution in [-0.4, -0.2) is 74.9 Å². The number of halogens is 4. The predicted molar refractivity (Wildman–Crippen MR) is 141 cm³/mol. The van der Waals surface area contributed by atoms with Crippen LogP contribution in [0.4, 0.5) is 23.7 Å². The maximum atomic E-state index is 12.8. The number of alkyl halides is 3. The van der Waals surface area contributed by atoms with Crippen LogP contribution < -0.4 is 5.32 Å². The van der Waals surface area contributed by atoms with E-state index < -0.39 is 23.2 Å². The second-order valence-corrected chi connectivity index (χ2v) is 10.7. The number of benzene rings is 1. The van der Waals surface area contributed by atoms with Gasteiger partial charge in [-0.1, -0.05) is 11.6 Å². The number of anilines is 1.